The van der Waals surface area contributed by atoms with Gasteiger partial charge in [-0.15, -0.1) is 11.8 Å². The fourth-order valence-corrected chi connectivity index (χ4v) is 2.23. The molecule has 6 heteroatoms. The van der Waals surface area contributed by atoms with Gasteiger partial charge in [-0.25, -0.2) is 9.29 Å². The summed E-state index contributed by atoms with van der Waals surface area (Å²) in [5.74, 6) is -0.929. The van der Waals surface area contributed by atoms with Crippen molar-refractivity contribution in [2.24, 2.45) is 0 Å². The van der Waals surface area contributed by atoms with Crippen LogP contribution in [0.3, 0.4) is 0 Å². The average molecular weight is 250 g/mol. The summed E-state index contributed by atoms with van der Waals surface area (Å²) in [6, 6.07) is 5.29. The maximum Gasteiger partial charge on any atom is 0.243 e. The second-order valence-corrected chi connectivity index (χ2v) is 4.38. The van der Waals surface area contributed by atoms with Crippen molar-refractivity contribution in [1.82, 2.24) is 0 Å². The van der Waals surface area contributed by atoms with Crippen molar-refractivity contribution in [2.45, 2.75) is 0 Å². The Morgan fingerprint density at radius 3 is 2.53 bits per heavy atom. The van der Waals surface area contributed by atoms with Crippen LogP contribution >= 0.6 is 11.8 Å². The zero-order valence-electron chi connectivity index (χ0n) is 8.64. The smallest absolute Gasteiger partial charge is 0.243 e. The second-order valence-electron chi connectivity index (χ2n) is 3.39. The molecule has 1 aliphatic heterocycles. The van der Waals surface area contributed by atoms with Gasteiger partial charge in [-0.05, 0) is 18.2 Å². The first kappa shape index (κ1) is 11.6. The Kier molecular flexibility index (Phi) is 3.11. The minimum atomic E-state index is -0.664. The molecule has 0 spiro atoms. The highest BCUT2D eigenvalue weighted by Gasteiger charge is 2.28. The number of rotatable bonds is 1. The fourth-order valence-electron chi connectivity index (χ4n) is 1.52. The molecule has 1 fully saturated rings. The van der Waals surface area contributed by atoms with Gasteiger partial charge in [0, 0.05) is 0 Å². The molecule has 2 amide bonds. The molecule has 1 heterocycles. The Labute approximate surface area is 101 Å². The summed E-state index contributed by atoms with van der Waals surface area (Å²) in [6.45, 7) is 0. The Morgan fingerprint density at radius 1 is 1.29 bits per heavy atom. The number of nitriles is 1. The normalized spacial score (nSPS) is 15.9. The third-order valence-electron chi connectivity index (χ3n) is 2.28. The minimum absolute atomic E-state index is 0.179. The van der Waals surface area contributed by atoms with E-state index in [1.807, 2.05) is 0 Å². The van der Waals surface area contributed by atoms with Crippen LogP contribution in [-0.2, 0) is 9.59 Å². The van der Waals surface area contributed by atoms with E-state index in [2.05, 4.69) is 0 Å². The number of hydrogen-bond donors (Lipinski definition) is 0. The molecule has 1 saturated heterocycles. The van der Waals surface area contributed by atoms with E-state index in [1.165, 1.54) is 23.9 Å². The second kappa shape index (κ2) is 4.55. The summed E-state index contributed by atoms with van der Waals surface area (Å²) in [5, 5.41) is 8.69. The summed E-state index contributed by atoms with van der Waals surface area (Å²) in [5.41, 5.74) is 0.0691. The van der Waals surface area contributed by atoms with Gasteiger partial charge >= 0.3 is 0 Å². The van der Waals surface area contributed by atoms with E-state index in [0.29, 0.717) is 0 Å². The molecule has 1 aromatic carbocycles. The Morgan fingerprint density at radius 2 is 1.94 bits per heavy atom. The number of hydrogen-bond acceptors (Lipinski definition) is 4. The maximum absolute atomic E-state index is 13.1. The zero-order chi connectivity index (χ0) is 12.4. The summed E-state index contributed by atoms with van der Waals surface area (Å²) < 4.78 is 13.1. The molecule has 2 rings (SSSR count). The van der Waals surface area contributed by atoms with Crippen molar-refractivity contribution in [3.8, 4) is 6.07 Å². The average Bonchev–Trinajstić information content (AvgIpc) is 2.31. The van der Waals surface area contributed by atoms with Gasteiger partial charge < -0.3 is 0 Å². The Balaban J connectivity index is 2.43. The van der Waals surface area contributed by atoms with Crippen LogP contribution < -0.4 is 4.90 Å². The minimum Gasteiger partial charge on any atom is -0.273 e. The van der Waals surface area contributed by atoms with Crippen molar-refractivity contribution in [2.75, 3.05) is 16.4 Å². The van der Waals surface area contributed by atoms with Crippen LogP contribution in [0.1, 0.15) is 5.56 Å². The van der Waals surface area contributed by atoms with Gasteiger partial charge in [0.25, 0.3) is 0 Å². The number of amides is 2. The third-order valence-corrected chi connectivity index (χ3v) is 3.18. The maximum atomic E-state index is 13.1. The molecule has 0 unspecified atom stereocenters. The standard InChI is InChI=1S/C11H7FN2O2S/c12-9-2-1-8(3-7(9)4-13)14-10(15)5-17-6-11(14)16/h1-3H,5-6H2. The number of carbonyl (C=O) groups excluding carboxylic acids is 2. The molecule has 0 bridgehead atoms. The lowest BCUT2D eigenvalue weighted by molar-refractivity contribution is -0.124. The molecule has 0 saturated carbocycles. The van der Waals surface area contributed by atoms with Crippen molar-refractivity contribution >= 4 is 29.3 Å². The zero-order valence-corrected chi connectivity index (χ0v) is 9.46. The van der Waals surface area contributed by atoms with Crippen LogP contribution in [0.4, 0.5) is 10.1 Å². The van der Waals surface area contributed by atoms with Gasteiger partial charge in [0.15, 0.2) is 0 Å². The largest absolute Gasteiger partial charge is 0.273 e. The topological polar surface area (TPSA) is 61.2 Å². The molecular weight excluding hydrogens is 243 g/mol. The molecule has 0 N–H and O–H groups in total. The van der Waals surface area contributed by atoms with E-state index < -0.39 is 5.82 Å². The molecular formula is C11H7FN2O2S. The third kappa shape index (κ3) is 2.15. The van der Waals surface area contributed by atoms with Gasteiger partial charge in [0.2, 0.25) is 11.8 Å². The quantitative estimate of drug-likeness (QED) is 0.705. The molecule has 0 atom stereocenters. The molecule has 1 aromatic rings. The van der Waals surface area contributed by atoms with Crippen LogP contribution in [-0.4, -0.2) is 23.3 Å². The van der Waals surface area contributed by atoms with E-state index in [1.54, 1.807) is 6.07 Å². The summed E-state index contributed by atoms with van der Waals surface area (Å²) in [6.07, 6.45) is 0. The monoisotopic (exact) mass is 250 g/mol. The van der Waals surface area contributed by atoms with Gasteiger partial charge in [0.05, 0.1) is 22.8 Å². The molecule has 4 nitrogen and oxygen atoms in total. The number of halogens is 1. The number of anilines is 1. The van der Waals surface area contributed by atoms with Crippen molar-refractivity contribution in [1.29, 1.82) is 5.26 Å². The Bertz CT molecular complexity index is 523. The molecule has 0 radical (unpaired) electrons. The molecule has 1 aliphatic rings. The van der Waals surface area contributed by atoms with E-state index in [9.17, 15) is 14.0 Å². The predicted octanol–water partition coefficient (Wildman–Crippen LogP) is 1.30. The lowest BCUT2D eigenvalue weighted by atomic mass is 10.2. The number of imide groups is 1. The lowest BCUT2D eigenvalue weighted by Gasteiger charge is -2.24. The van der Waals surface area contributed by atoms with Gasteiger partial charge in [-0.3, -0.25) is 9.59 Å². The molecule has 0 aliphatic carbocycles. The van der Waals surface area contributed by atoms with Gasteiger partial charge in [0.1, 0.15) is 11.9 Å². The van der Waals surface area contributed by atoms with Gasteiger partial charge in [-0.1, -0.05) is 0 Å². The van der Waals surface area contributed by atoms with Crippen LogP contribution in [0.5, 0.6) is 0 Å². The van der Waals surface area contributed by atoms with Crippen molar-refractivity contribution < 1.29 is 14.0 Å². The van der Waals surface area contributed by atoms with Crippen molar-refractivity contribution in [3.05, 3.63) is 29.6 Å². The summed E-state index contributed by atoms with van der Waals surface area (Å²) in [4.78, 5) is 24.2. The molecule has 0 aromatic heterocycles. The number of benzene rings is 1. The van der Waals surface area contributed by atoms with Crippen LogP contribution in [0, 0.1) is 17.1 Å². The molecule has 86 valence electrons. The number of carbonyl (C=O) groups is 2. The van der Waals surface area contributed by atoms with Crippen LogP contribution in [0.2, 0.25) is 0 Å². The SMILES string of the molecule is N#Cc1cc(N2C(=O)CSCC2=O)ccc1F. The van der Waals surface area contributed by atoms with E-state index in [0.717, 1.165) is 11.0 Å². The molecule has 17 heavy (non-hydrogen) atoms. The first-order chi connectivity index (χ1) is 8.13. The highest BCUT2D eigenvalue weighted by atomic mass is 32.2. The van der Waals surface area contributed by atoms with E-state index in [4.69, 9.17) is 5.26 Å². The Hall–Kier alpha value is -1.87. The number of nitrogens with zero attached hydrogens (tertiary/aromatic N) is 2. The van der Waals surface area contributed by atoms with Crippen molar-refractivity contribution in [3.63, 3.8) is 0 Å². The lowest BCUT2D eigenvalue weighted by Crippen LogP contribution is -2.43. The summed E-state index contributed by atoms with van der Waals surface area (Å²) >= 11 is 1.24. The van der Waals surface area contributed by atoms with Crippen LogP contribution in [0.15, 0.2) is 18.2 Å². The summed E-state index contributed by atoms with van der Waals surface area (Å²) in [7, 11) is 0. The van der Waals surface area contributed by atoms with Crippen LogP contribution in [0.25, 0.3) is 0 Å². The number of thioether (sulfide) groups is 1. The van der Waals surface area contributed by atoms with E-state index in [-0.39, 0.29) is 34.6 Å². The first-order valence-corrected chi connectivity index (χ1v) is 5.92. The highest BCUT2D eigenvalue weighted by molar-refractivity contribution is 8.00. The highest BCUT2D eigenvalue weighted by Crippen LogP contribution is 2.23. The fraction of sp³-hybridized carbons (Fsp3) is 0.182. The van der Waals surface area contributed by atoms with E-state index >= 15 is 0 Å². The predicted molar refractivity (Wildman–Crippen MR) is 60.9 cm³/mol. The first-order valence-electron chi connectivity index (χ1n) is 4.76. The van der Waals surface area contributed by atoms with Gasteiger partial charge in [-0.2, -0.15) is 5.26 Å².